The number of aliphatic carboxylic acids is 2. The molecule has 0 aromatic heterocycles. The van der Waals surface area contributed by atoms with Gasteiger partial charge < -0.3 is 19.8 Å². The summed E-state index contributed by atoms with van der Waals surface area (Å²) >= 11 is 3.32. The highest BCUT2D eigenvalue weighted by Crippen LogP contribution is 2.21. The highest BCUT2D eigenvalue weighted by atomic mass is 79.9. The molecule has 0 heterocycles. The lowest BCUT2D eigenvalue weighted by molar-refractivity contribution is -0.134. The smallest absolute Gasteiger partial charge is 0.328 e. The molecule has 0 unspecified atom stereocenters. The minimum Gasteiger partial charge on any atom is -0.493 e. The van der Waals surface area contributed by atoms with Crippen LogP contribution in [0.15, 0.2) is 71.7 Å². The van der Waals surface area contributed by atoms with Gasteiger partial charge in [0, 0.05) is 34.8 Å². The van der Waals surface area contributed by atoms with Crippen molar-refractivity contribution in [3.05, 3.63) is 88.7 Å². The minimum absolute atomic E-state index is 0.0540. The van der Waals surface area contributed by atoms with Crippen LogP contribution in [0.1, 0.15) is 41.6 Å². The average Bonchev–Trinajstić information content (AvgIpc) is 2.83. The van der Waals surface area contributed by atoms with Crippen molar-refractivity contribution in [3.8, 4) is 5.75 Å². The van der Waals surface area contributed by atoms with E-state index in [2.05, 4.69) is 34.5 Å². The van der Waals surface area contributed by atoms with E-state index >= 15 is 0 Å². The van der Waals surface area contributed by atoms with Gasteiger partial charge in [-0.05, 0) is 62.8 Å². The van der Waals surface area contributed by atoms with Crippen LogP contribution in [0.25, 0.3) is 0 Å². The van der Waals surface area contributed by atoms with E-state index in [0.29, 0.717) is 30.1 Å². The van der Waals surface area contributed by atoms with E-state index in [1.54, 1.807) is 30.3 Å². The Balaban J connectivity index is 0.000000697. The van der Waals surface area contributed by atoms with Crippen molar-refractivity contribution in [2.75, 3.05) is 26.7 Å². The number of carboxylic acid groups (broad SMARTS) is 2. The molecule has 0 atom stereocenters. The van der Waals surface area contributed by atoms with E-state index in [-0.39, 0.29) is 11.3 Å². The summed E-state index contributed by atoms with van der Waals surface area (Å²) in [6, 6.07) is 11.3. The molecule has 194 valence electrons. The molecule has 0 amide bonds. The number of carbonyl (C=O) groups excluding carboxylic acids is 1. The van der Waals surface area contributed by atoms with Crippen LogP contribution < -0.4 is 4.74 Å². The summed E-state index contributed by atoms with van der Waals surface area (Å²) in [7, 11) is 2.09. The van der Waals surface area contributed by atoms with Gasteiger partial charge in [0.2, 0.25) is 0 Å². The molecule has 2 rings (SSSR count). The van der Waals surface area contributed by atoms with Gasteiger partial charge in [0.1, 0.15) is 11.6 Å². The fourth-order valence-corrected chi connectivity index (χ4v) is 3.27. The van der Waals surface area contributed by atoms with Crippen molar-refractivity contribution in [1.82, 2.24) is 4.90 Å². The van der Waals surface area contributed by atoms with Gasteiger partial charge in [-0.1, -0.05) is 34.8 Å². The van der Waals surface area contributed by atoms with E-state index in [9.17, 15) is 18.8 Å². The summed E-state index contributed by atoms with van der Waals surface area (Å²) in [5, 5.41) is 15.6. The van der Waals surface area contributed by atoms with Crippen LogP contribution in [-0.2, 0) is 9.59 Å². The second-order valence-corrected chi connectivity index (χ2v) is 8.72. The fraction of sp³-hybridized carbons (Fsp3) is 0.296. The number of likely N-dealkylation sites (N-methyl/N-ethyl adjacent to an activating group) is 1. The third kappa shape index (κ3) is 13.0. The predicted molar refractivity (Wildman–Crippen MR) is 140 cm³/mol. The third-order valence-corrected chi connectivity index (χ3v) is 5.33. The van der Waals surface area contributed by atoms with Crippen molar-refractivity contribution in [2.45, 2.75) is 25.7 Å². The van der Waals surface area contributed by atoms with Crippen LogP contribution in [-0.4, -0.2) is 59.6 Å². The Hall–Kier alpha value is -3.30. The van der Waals surface area contributed by atoms with Gasteiger partial charge in [0.15, 0.2) is 5.78 Å². The summed E-state index contributed by atoms with van der Waals surface area (Å²) in [6.45, 7) is 6.25. The standard InChI is InChI=1S/C23H27BrFNO2.C4H4O4/c1-3-14-26(2)15-6-4-5-7-16-28-20-12-13-21(22(25)17-20)23(27)18-8-10-19(24)11-9-18;5-3(6)1-2-4(7)8/h3,8-13,17H,1,4-7,14-16H2,2H3;1-2H,(H,5,6)(H,7,8). The number of nitrogens with zero attached hydrogens (tertiary/aromatic N) is 1. The number of carbonyl (C=O) groups is 3. The first-order valence-corrected chi connectivity index (χ1v) is 12.1. The fourth-order valence-electron chi connectivity index (χ4n) is 3.01. The first-order valence-electron chi connectivity index (χ1n) is 11.3. The quantitative estimate of drug-likeness (QED) is 0.134. The number of halogens is 2. The summed E-state index contributed by atoms with van der Waals surface area (Å²) in [5.74, 6) is -2.95. The number of benzene rings is 2. The summed E-state index contributed by atoms with van der Waals surface area (Å²) in [6.07, 6.45) is 7.30. The molecule has 0 aliphatic heterocycles. The molecule has 0 spiro atoms. The minimum atomic E-state index is -1.26. The molecule has 0 fully saturated rings. The van der Waals surface area contributed by atoms with Gasteiger partial charge in [0.05, 0.1) is 12.2 Å². The maximum atomic E-state index is 14.4. The Bertz CT molecular complexity index is 1020. The van der Waals surface area contributed by atoms with Gasteiger partial charge in [0.25, 0.3) is 0 Å². The highest BCUT2D eigenvalue weighted by molar-refractivity contribution is 9.10. The summed E-state index contributed by atoms with van der Waals surface area (Å²) in [5.41, 5.74) is 0.507. The van der Waals surface area contributed by atoms with E-state index in [0.717, 1.165) is 43.2 Å². The third-order valence-electron chi connectivity index (χ3n) is 4.80. The Morgan fingerprint density at radius 2 is 1.61 bits per heavy atom. The molecule has 0 bridgehead atoms. The van der Waals surface area contributed by atoms with Crippen molar-refractivity contribution in [1.29, 1.82) is 0 Å². The Kier molecular flexibility index (Phi) is 14.7. The van der Waals surface area contributed by atoms with E-state index in [1.807, 2.05) is 6.08 Å². The van der Waals surface area contributed by atoms with Gasteiger partial charge in [-0.3, -0.25) is 4.79 Å². The molecule has 2 aromatic carbocycles. The van der Waals surface area contributed by atoms with Crippen molar-refractivity contribution in [3.63, 3.8) is 0 Å². The van der Waals surface area contributed by atoms with E-state index in [1.165, 1.54) is 12.1 Å². The van der Waals surface area contributed by atoms with Gasteiger partial charge in [-0.25, -0.2) is 14.0 Å². The molecule has 36 heavy (non-hydrogen) atoms. The SMILES string of the molecule is C=CCN(C)CCCCCCOc1ccc(C(=O)c2ccc(Br)cc2)c(F)c1.O=C(O)C=CC(=O)O. The number of ether oxygens (including phenoxy) is 1. The zero-order valence-corrected chi connectivity index (χ0v) is 21.7. The lowest BCUT2D eigenvalue weighted by Gasteiger charge is -2.13. The zero-order valence-electron chi connectivity index (χ0n) is 20.2. The van der Waals surface area contributed by atoms with Crippen molar-refractivity contribution < 1.29 is 33.7 Å². The number of rotatable bonds is 14. The van der Waals surface area contributed by atoms with E-state index in [4.69, 9.17) is 14.9 Å². The number of hydrogen-bond acceptors (Lipinski definition) is 5. The van der Waals surface area contributed by atoms with Crippen molar-refractivity contribution in [2.24, 2.45) is 0 Å². The molecular weight excluding hydrogens is 533 g/mol. The lowest BCUT2D eigenvalue weighted by atomic mass is 10.0. The van der Waals surface area contributed by atoms with Crippen molar-refractivity contribution >= 4 is 33.7 Å². The first kappa shape index (κ1) is 30.7. The molecule has 2 aromatic rings. The number of unbranched alkanes of at least 4 members (excludes halogenated alkanes) is 3. The largest absolute Gasteiger partial charge is 0.493 e. The van der Waals surface area contributed by atoms with Crippen LogP contribution in [0.5, 0.6) is 5.75 Å². The van der Waals surface area contributed by atoms with Crippen LogP contribution in [0.2, 0.25) is 0 Å². The normalized spacial score (nSPS) is 10.6. The second-order valence-electron chi connectivity index (χ2n) is 7.80. The maximum Gasteiger partial charge on any atom is 0.328 e. The molecule has 0 aliphatic carbocycles. The van der Waals surface area contributed by atoms with Gasteiger partial charge in [-0.15, -0.1) is 6.58 Å². The molecule has 0 saturated carbocycles. The lowest BCUT2D eigenvalue weighted by Crippen LogP contribution is -2.19. The van der Waals surface area contributed by atoms with Crippen LogP contribution in [0.3, 0.4) is 0 Å². The molecular formula is C27H31BrFNO6. The Labute approximate surface area is 219 Å². The molecule has 0 aliphatic rings. The molecule has 9 heteroatoms. The molecule has 0 saturated heterocycles. The summed E-state index contributed by atoms with van der Waals surface area (Å²) < 4.78 is 20.9. The van der Waals surface area contributed by atoms with Crippen LogP contribution in [0, 0.1) is 5.82 Å². The Morgan fingerprint density at radius 3 is 2.17 bits per heavy atom. The monoisotopic (exact) mass is 563 g/mol. The van der Waals surface area contributed by atoms with E-state index < -0.39 is 17.8 Å². The molecule has 7 nitrogen and oxygen atoms in total. The number of ketones is 1. The highest BCUT2D eigenvalue weighted by Gasteiger charge is 2.14. The molecule has 2 N–H and O–H groups in total. The molecule has 0 radical (unpaired) electrons. The van der Waals surface area contributed by atoms with Gasteiger partial charge in [-0.2, -0.15) is 0 Å². The average molecular weight is 564 g/mol. The second kappa shape index (κ2) is 17.2. The number of hydrogen-bond donors (Lipinski definition) is 2. The Morgan fingerprint density at radius 1 is 1.00 bits per heavy atom. The summed E-state index contributed by atoms with van der Waals surface area (Å²) in [4.78, 5) is 33.8. The number of carboxylic acids is 2. The zero-order chi connectivity index (χ0) is 26.9. The topological polar surface area (TPSA) is 104 Å². The maximum absolute atomic E-state index is 14.4. The van der Waals surface area contributed by atoms with Crippen LogP contribution >= 0.6 is 15.9 Å². The predicted octanol–water partition coefficient (Wildman–Crippen LogP) is 5.59. The van der Waals surface area contributed by atoms with Gasteiger partial charge >= 0.3 is 11.9 Å². The van der Waals surface area contributed by atoms with Crippen LogP contribution in [0.4, 0.5) is 4.39 Å². The first-order chi connectivity index (χ1) is 17.1.